The summed E-state index contributed by atoms with van der Waals surface area (Å²) in [6.07, 6.45) is 1.16. The maximum Gasteiger partial charge on any atom is 0.126 e. The summed E-state index contributed by atoms with van der Waals surface area (Å²) in [5.41, 5.74) is 2.52. The zero-order valence-electron chi connectivity index (χ0n) is 13.3. The van der Waals surface area contributed by atoms with Crippen LogP contribution in [0.3, 0.4) is 0 Å². The molecule has 1 aromatic rings. The molecule has 0 bridgehead atoms. The summed E-state index contributed by atoms with van der Waals surface area (Å²) in [5, 5.41) is 6.86. The van der Waals surface area contributed by atoms with Crippen molar-refractivity contribution in [3.63, 3.8) is 0 Å². The summed E-state index contributed by atoms with van der Waals surface area (Å²) < 4.78 is 0. The molecule has 1 heterocycles. The standard InChI is InChI=1S/C16H29N3/c1-7-8-17-11-13-9-14(16(4,5)6)19-15(10-13)18-12(2)3/h9-10,12,17H,7-8,11H2,1-6H3,(H,18,19). The van der Waals surface area contributed by atoms with Crippen LogP contribution in [0.5, 0.6) is 0 Å². The van der Waals surface area contributed by atoms with Crippen molar-refractivity contribution in [2.45, 2.75) is 66.0 Å². The Morgan fingerprint density at radius 2 is 1.89 bits per heavy atom. The van der Waals surface area contributed by atoms with E-state index in [4.69, 9.17) is 4.98 Å². The third-order valence-electron chi connectivity index (χ3n) is 2.85. The van der Waals surface area contributed by atoms with Crippen molar-refractivity contribution in [2.75, 3.05) is 11.9 Å². The molecule has 0 saturated heterocycles. The van der Waals surface area contributed by atoms with Gasteiger partial charge in [0, 0.05) is 23.7 Å². The van der Waals surface area contributed by atoms with E-state index in [1.807, 2.05) is 0 Å². The van der Waals surface area contributed by atoms with E-state index in [0.717, 1.165) is 31.0 Å². The molecule has 108 valence electrons. The first-order chi connectivity index (χ1) is 8.82. The van der Waals surface area contributed by atoms with Crippen LogP contribution in [0.25, 0.3) is 0 Å². The van der Waals surface area contributed by atoms with Gasteiger partial charge in [-0.3, -0.25) is 0 Å². The molecule has 1 rings (SSSR count). The molecule has 19 heavy (non-hydrogen) atoms. The number of hydrogen-bond acceptors (Lipinski definition) is 3. The second kappa shape index (κ2) is 6.90. The summed E-state index contributed by atoms with van der Waals surface area (Å²) >= 11 is 0. The lowest BCUT2D eigenvalue weighted by molar-refractivity contribution is 0.566. The van der Waals surface area contributed by atoms with Gasteiger partial charge in [-0.25, -0.2) is 4.98 Å². The second-order valence-electron chi connectivity index (χ2n) is 6.47. The smallest absolute Gasteiger partial charge is 0.126 e. The van der Waals surface area contributed by atoms with Crippen LogP contribution in [-0.2, 0) is 12.0 Å². The normalized spacial score (nSPS) is 11.9. The van der Waals surface area contributed by atoms with Crippen LogP contribution < -0.4 is 10.6 Å². The van der Waals surface area contributed by atoms with Crippen LogP contribution in [0, 0.1) is 0 Å². The predicted octanol–water partition coefficient (Wildman–Crippen LogP) is 3.70. The van der Waals surface area contributed by atoms with Gasteiger partial charge in [0.15, 0.2) is 0 Å². The quantitative estimate of drug-likeness (QED) is 0.768. The Morgan fingerprint density at radius 3 is 2.42 bits per heavy atom. The zero-order valence-corrected chi connectivity index (χ0v) is 13.3. The van der Waals surface area contributed by atoms with E-state index >= 15 is 0 Å². The number of hydrogen-bond donors (Lipinski definition) is 2. The number of nitrogens with zero attached hydrogens (tertiary/aromatic N) is 1. The highest BCUT2D eigenvalue weighted by atomic mass is 15.0. The SMILES string of the molecule is CCCNCc1cc(NC(C)C)nc(C(C)(C)C)c1. The average Bonchev–Trinajstić information content (AvgIpc) is 2.27. The van der Waals surface area contributed by atoms with Gasteiger partial charge in [-0.05, 0) is 44.5 Å². The molecule has 0 aliphatic carbocycles. The summed E-state index contributed by atoms with van der Waals surface area (Å²) in [4.78, 5) is 4.73. The topological polar surface area (TPSA) is 37.0 Å². The van der Waals surface area contributed by atoms with Crippen LogP contribution in [0.2, 0.25) is 0 Å². The van der Waals surface area contributed by atoms with E-state index in [2.05, 4.69) is 64.3 Å². The van der Waals surface area contributed by atoms with Gasteiger partial charge in [-0.2, -0.15) is 0 Å². The maximum absolute atomic E-state index is 4.73. The summed E-state index contributed by atoms with van der Waals surface area (Å²) in [6.45, 7) is 15.0. The lowest BCUT2D eigenvalue weighted by Crippen LogP contribution is -2.20. The van der Waals surface area contributed by atoms with Crippen molar-refractivity contribution in [3.05, 3.63) is 23.4 Å². The maximum atomic E-state index is 4.73. The predicted molar refractivity (Wildman–Crippen MR) is 83.7 cm³/mol. The van der Waals surface area contributed by atoms with Gasteiger partial charge in [-0.1, -0.05) is 27.7 Å². The average molecular weight is 263 g/mol. The van der Waals surface area contributed by atoms with Gasteiger partial charge in [0.05, 0.1) is 0 Å². The molecular weight excluding hydrogens is 234 g/mol. The Labute approximate surface area is 118 Å². The third-order valence-corrected chi connectivity index (χ3v) is 2.85. The fourth-order valence-electron chi connectivity index (χ4n) is 1.85. The largest absolute Gasteiger partial charge is 0.368 e. The van der Waals surface area contributed by atoms with Gasteiger partial charge in [-0.15, -0.1) is 0 Å². The van der Waals surface area contributed by atoms with Crippen LogP contribution in [-0.4, -0.2) is 17.6 Å². The summed E-state index contributed by atoms with van der Waals surface area (Å²) in [7, 11) is 0. The van der Waals surface area contributed by atoms with E-state index in [9.17, 15) is 0 Å². The second-order valence-corrected chi connectivity index (χ2v) is 6.47. The fourth-order valence-corrected chi connectivity index (χ4v) is 1.85. The molecule has 0 atom stereocenters. The number of pyridine rings is 1. The molecule has 0 unspecified atom stereocenters. The monoisotopic (exact) mass is 263 g/mol. The van der Waals surface area contributed by atoms with E-state index in [1.165, 1.54) is 5.56 Å². The molecule has 0 amide bonds. The minimum atomic E-state index is 0.0776. The number of nitrogens with one attached hydrogen (secondary N) is 2. The Morgan fingerprint density at radius 1 is 1.21 bits per heavy atom. The molecule has 0 aliphatic rings. The van der Waals surface area contributed by atoms with Crippen molar-refractivity contribution in [1.82, 2.24) is 10.3 Å². The molecule has 0 radical (unpaired) electrons. The molecule has 0 aromatic carbocycles. The Kier molecular flexibility index (Phi) is 5.80. The minimum Gasteiger partial charge on any atom is -0.368 e. The van der Waals surface area contributed by atoms with Crippen LogP contribution in [0.4, 0.5) is 5.82 Å². The first-order valence-corrected chi connectivity index (χ1v) is 7.31. The Hall–Kier alpha value is -1.09. The number of anilines is 1. The van der Waals surface area contributed by atoms with E-state index in [1.54, 1.807) is 0 Å². The minimum absolute atomic E-state index is 0.0776. The Bertz CT molecular complexity index is 391. The van der Waals surface area contributed by atoms with Crippen LogP contribution in [0.15, 0.2) is 12.1 Å². The molecule has 0 saturated carbocycles. The third kappa shape index (κ3) is 5.60. The van der Waals surface area contributed by atoms with Gasteiger partial charge < -0.3 is 10.6 Å². The van der Waals surface area contributed by atoms with Crippen molar-refractivity contribution in [2.24, 2.45) is 0 Å². The van der Waals surface area contributed by atoms with Crippen LogP contribution in [0.1, 0.15) is 59.2 Å². The van der Waals surface area contributed by atoms with Crippen molar-refractivity contribution < 1.29 is 0 Å². The summed E-state index contributed by atoms with van der Waals surface area (Å²) in [6, 6.07) is 4.77. The van der Waals surface area contributed by atoms with Gasteiger partial charge >= 0.3 is 0 Å². The highest BCUT2D eigenvalue weighted by Gasteiger charge is 2.17. The molecule has 0 fully saturated rings. The van der Waals surface area contributed by atoms with Gasteiger partial charge in [0.1, 0.15) is 5.82 Å². The highest BCUT2D eigenvalue weighted by molar-refractivity contribution is 5.41. The summed E-state index contributed by atoms with van der Waals surface area (Å²) in [5.74, 6) is 0.982. The van der Waals surface area contributed by atoms with Crippen molar-refractivity contribution >= 4 is 5.82 Å². The van der Waals surface area contributed by atoms with Gasteiger partial charge in [0.2, 0.25) is 0 Å². The highest BCUT2D eigenvalue weighted by Crippen LogP contribution is 2.23. The van der Waals surface area contributed by atoms with Crippen LogP contribution >= 0.6 is 0 Å². The fraction of sp³-hybridized carbons (Fsp3) is 0.688. The number of aromatic nitrogens is 1. The molecule has 0 aliphatic heterocycles. The first kappa shape index (κ1) is 16.0. The lowest BCUT2D eigenvalue weighted by atomic mass is 9.90. The van der Waals surface area contributed by atoms with Crippen molar-refractivity contribution in [1.29, 1.82) is 0 Å². The first-order valence-electron chi connectivity index (χ1n) is 7.31. The Balaban J connectivity index is 2.95. The van der Waals surface area contributed by atoms with Crippen molar-refractivity contribution in [3.8, 4) is 0 Å². The van der Waals surface area contributed by atoms with Gasteiger partial charge in [0.25, 0.3) is 0 Å². The molecule has 3 heteroatoms. The lowest BCUT2D eigenvalue weighted by Gasteiger charge is -2.21. The number of rotatable bonds is 6. The molecule has 2 N–H and O–H groups in total. The zero-order chi connectivity index (χ0) is 14.5. The van der Waals surface area contributed by atoms with E-state index in [-0.39, 0.29) is 5.41 Å². The molecule has 1 aromatic heterocycles. The van der Waals surface area contributed by atoms with E-state index in [0.29, 0.717) is 6.04 Å². The molecule has 3 nitrogen and oxygen atoms in total. The molecule has 0 spiro atoms. The molecular formula is C16H29N3. The van der Waals surface area contributed by atoms with E-state index < -0.39 is 0 Å².